The SMILES string of the molecule is CCC(C)[C@H](N)C(=O)N(C)CCOc1cccc(F)c1. The van der Waals surface area contributed by atoms with Crippen LogP contribution in [0.2, 0.25) is 0 Å². The second kappa shape index (κ2) is 7.85. The lowest BCUT2D eigenvalue weighted by atomic mass is 9.99. The van der Waals surface area contributed by atoms with E-state index in [1.165, 1.54) is 12.1 Å². The Morgan fingerprint density at radius 2 is 2.20 bits per heavy atom. The Morgan fingerprint density at radius 3 is 2.80 bits per heavy atom. The molecule has 1 aromatic rings. The molecule has 112 valence electrons. The number of hydrogen-bond acceptors (Lipinski definition) is 3. The Balaban J connectivity index is 2.39. The monoisotopic (exact) mass is 282 g/mol. The quantitative estimate of drug-likeness (QED) is 0.832. The fourth-order valence-electron chi connectivity index (χ4n) is 1.72. The molecular weight excluding hydrogens is 259 g/mol. The van der Waals surface area contributed by atoms with E-state index >= 15 is 0 Å². The van der Waals surface area contributed by atoms with Crippen LogP contribution in [0.25, 0.3) is 0 Å². The average Bonchev–Trinajstić information content (AvgIpc) is 2.44. The fraction of sp³-hybridized carbons (Fsp3) is 0.533. The van der Waals surface area contributed by atoms with Gasteiger partial charge in [-0.1, -0.05) is 26.3 Å². The zero-order chi connectivity index (χ0) is 15.1. The lowest BCUT2D eigenvalue weighted by molar-refractivity contribution is -0.132. The zero-order valence-electron chi connectivity index (χ0n) is 12.3. The van der Waals surface area contributed by atoms with Gasteiger partial charge < -0.3 is 15.4 Å². The highest BCUT2D eigenvalue weighted by molar-refractivity contribution is 5.81. The summed E-state index contributed by atoms with van der Waals surface area (Å²) in [6.07, 6.45) is 0.862. The van der Waals surface area contributed by atoms with Crippen molar-refractivity contribution in [3.8, 4) is 5.75 Å². The fourth-order valence-corrected chi connectivity index (χ4v) is 1.72. The van der Waals surface area contributed by atoms with Crippen molar-refractivity contribution >= 4 is 5.91 Å². The van der Waals surface area contributed by atoms with Crippen LogP contribution in [0.1, 0.15) is 20.3 Å². The summed E-state index contributed by atoms with van der Waals surface area (Å²) in [5.41, 5.74) is 5.89. The largest absolute Gasteiger partial charge is 0.492 e. The Bertz CT molecular complexity index is 440. The summed E-state index contributed by atoms with van der Waals surface area (Å²) in [5, 5.41) is 0. The van der Waals surface area contributed by atoms with Gasteiger partial charge in [-0.15, -0.1) is 0 Å². The van der Waals surface area contributed by atoms with E-state index in [1.807, 2.05) is 13.8 Å². The lowest BCUT2D eigenvalue weighted by Gasteiger charge is -2.24. The maximum atomic E-state index is 13.0. The van der Waals surface area contributed by atoms with Gasteiger partial charge in [-0.05, 0) is 18.1 Å². The van der Waals surface area contributed by atoms with Gasteiger partial charge in [-0.3, -0.25) is 4.79 Å². The number of benzene rings is 1. The van der Waals surface area contributed by atoms with Crippen molar-refractivity contribution in [1.29, 1.82) is 0 Å². The summed E-state index contributed by atoms with van der Waals surface area (Å²) >= 11 is 0. The van der Waals surface area contributed by atoms with Gasteiger partial charge in [0.2, 0.25) is 5.91 Å². The molecule has 0 spiro atoms. The number of nitrogens with zero attached hydrogens (tertiary/aromatic N) is 1. The van der Waals surface area contributed by atoms with E-state index in [4.69, 9.17) is 10.5 Å². The normalized spacial score (nSPS) is 13.7. The number of carbonyl (C=O) groups excluding carboxylic acids is 1. The van der Waals surface area contributed by atoms with E-state index in [2.05, 4.69) is 0 Å². The van der Waals surface area contributed by atoms with Crippen LogP contribution in [0.4, 0.5) is 4.39 Å². The van der Waals surface area contributed by atoms with Gasteiger partial charge in [0.25, 0.3) is 0 Å². The van der Waals surface area contributed by atoms with E-state index in [-0.39, 0.29) is 17.6 Å². The summed E-state index contributed by atoms with van der Waals surface area (Å²) < 4.78 is 18.4. The number of halogens is 1. The van der Waals surface area contributed by atoms with Crippen molar-refractivity contribution < 1.29 is 13.9 Å². The van der Waals surface area contributed by atoms with Crippen molar-refractivity contribution in [1.82, 2.24) is 4.90 Å². The second-order valence-electron chi connectivity index (χ2n) is 4.98. The number of rotatable bonds is 7. The van der Waals surface area contributed by atoms with Crippen molar-refractivity contribution in [2.24, 2.45) is 11.7 Å². The van der Waals surface area contributed by atoms with Crippen LogP contribution in [0.15, 0.2) is 24.3 Å². The van der Waals surface area contributed by atoms with E-state index in [0.717, 1.165) is 6.42 Å². The molecule has 0 saturated heterocycles. The summed E-state index contributed by atoms with van der Waals surface area (Å²) in [6.45, 7) is 4.68. The van der Waals surface area contributed by atoms with Crippen molar-refractivity contribution in [3.63, 3.8) is 0 Å². The molecule has 0 aromatic heterocycles. The Morgan fingerprint density at radius 1 is 1.50 bits per heavy atom. The molecule has 0 aliphatic carbocycles. The minimum absolute atomic E-state index is 0.0952. The maximum absolute atomic E-state index is 13.0. The third kappa shape index (κ3) is 4.81. The number of carbonyl (C=O) groups is 1. The van der Waals surface area contributed by atoms with Gasteiger partial charge in [0.15, 0.2) is 0 Å². The predicted octanol–water partition coefficient (Wildman–Crippen LogP) is 2.04. The van der Waals surface area contributed by atoms with Gasteiger partial charge in [0.05, 0.1) is 12.6 Å². The third-order valence-corrected chi connectivity index (χ3v) is 3.41. The second-order valence-corrected chi connectivity index (χ2v) is 4.98. The molecule has 0 bridgehead atoms. The van der Waals surface area contributed by atoms with Crippen molar-refractivity contribution in [3.05, 3.63) is 30.1 Å². The maximum Gasteiger partial charge on any atom is 0.239 e. The predicted molar refractivity (Wildman–Crippen MR) is 77.0 cm³/mol. The van der Waals surface area contributed by atoms with Crippen LogP contribution in [-0.4, -0.2) is 37.0 Å². The molecule has 1 amide bonds. The lowest BCUT2D eigenvalue weighted by Crippen LogP contribution is -2.46. The molecule has 1 aromatic carbocycles. The molecule has 2 atom stereocenters. The summed E-state index contributed by atoms with van der Waals surface area (Å²) in [7, 11) is 1.69. The molecule has 0 aliphatic heterocycles. The van der Waals surface area contributed by atoms with Crippen LogP contribution in [0.5, 0.6) is 5.75 Å². The third-order valence-electron chi connectivity index (χ3n) is 3.41. The molecule has 0 heterocycles. The van der Waals surface area contributed by atoms with E-state index < -0.39 is 6.04 Å². The van der Waals surface area contributed by atoms with Gasteiger partial charge in [0, 0.05) is 13.1 Å². The number of ether oxygens (including phenoxy) is 1. The van der Waals surface area contributed by atoms with Gasteiger partial charge in [0.1, 0.15) is 18.2 Å². The number of nitrogens with two attached hydrogens (primary N) is 1. The molecule has 0 aliphatic rings. The first-order chi connectivity index (χ1) is 9.45. The number of hydrogen-bond donors (Lipinski definition) is 1. The molecule has 0 radical (unpaired) electrons. The van der Waals surface area contributed by atoms with E-state index in [9.17, 15) is 9.18 Å². The van der Waals surface area contributed by atoms with Crippen LogP contribution < -0.4 is 10.5 Å². The molecule has 1 unspecified atom stereocenters. The molecule has 2 N–H and O–H groups in total. The van der Waals surface area contributed by atoms with Crippen molar-refractivity contribution in [2.45, 2.75) is 26.3 Å². The molecule has 0 saturated carbocycles. The number of likely N-dealkylation sites (N-methyl/N-ethyl adjacent to an activating group) is 1. The highest BCUT2D eigenvalue weighted by Gasteiger charge is 2.22. The molecule has 0 fully saturated rings. The van der Waals surface area contributed by atoms with E-state index in [1.54, 1.807) is 24.1 Å². The highest BCUT2D eigenvalue weighted by atomic mass is 19.1. The van der Waals surface area contributed by atoms with Gasteiger partial charge >= 0.3 is 0 Å². The molecule has 20 heavy (non-hydrogen) atoms. The Labute approximate surface area is 119 Å². The molecule has 4 nitrogen and oxygen atoms in total. The first-order valence-electron chi connectivity index (χ1n) is 6.84. The standard InChI is InChI=1S/C15H23FN2O2/c1-4-11(2)14(17)15(19)18(3)8-9-20-13-7-5-6-12(16)10-13/h5-7,10-11,14H,4,8-9,17H2,1-3H3/t11?,14-/m0/s1. The summed E-state index contributed by atoms with van der Waals surface area (Å²) in [4.78, 5) is 13.6. The van der Waals surface area contributed by atoms with Gasteiger partial charge in [-0.2, -0.15) is 0 Å². The number of amides is 1. The van der Waals surface area contributed by atoms with Crippen LogP contribution in [-0.2, 0) is 4.79 Å². The highest BCUT2D eigenvalue weighted by Crippen LogP contribution is 2.12. The zero-order valence-corrected chi connectivity index (χ0v) is 12.3. The van der Waals surface area contributed by atoms with Crippen LogP contribution in [0, 0.1) is 11.7 Å². The molecule has 1 rings (SSSR count). The minimum atomic E-state index is -0.487. The Kier molecular flexibility index (Phi) is 6.45. The Hall–Kier alpha value is -1.62. The molecular formula is C15H23FN2O2. The summed E-state index contributed by atoms with van der Waals surface area (Å²) in [6, 6.07) is 5.44. The smallest absolute Gasteiger partial charge is 0.239 e. The first kappa shape index (κ1) is 16.4. The van der Waals surface area contributed by atoms with Crippen LogP contribution in [0.3, 0.4) is 0 Å². The van der Waals surface area contributed by atoms with Crippen LogP contribution >= 0.6 is 0 Å². The average molecular weight is 282 g/mol. The van der Waals surface area contributed by atoms with Gasteiger partial charge in [-0.25, -0.2) is 4.39 Å². The minimum Gasteiger partial charge on any atom is -0.492 e. The van der Waals surface area contributed by atoms with Crippen molar-refractivity contribution in [2.75, 3.05) is 20.2 Å². The van der Waals surface area contributed by atoms with E-state index in [0.29, 0.717) is 18.9 Å². The summed E-state index contributed by atoms with van der Waals surface area (Å²) in [5.74, 6) is 0.166. The molecule has 5 heteroatoms. The topological polar surface area (TPSA) is 55.6 Å². The first-order valence-corrected chi connectivity index (χ1v) is 6.84.